The summed E-state index contributed by atoms with van der Waals surface area (Å²) in [5.41, 5.74) is 3.25. The molecule has 0 aliphatic carbocycles. The van der Waals surface area contributed by atoms with Crippen LogP contribution in [0.4, 0.5) is 5.69 Å². The maximum atomic E-state index is 12.1. The summed E-state index contributed by atoms with van der Waals surface area (Å²) in [6.07, 6.45) is 0. The summed E-state index contributed by atoms with van der Waals surface area (Å²) < 4.78 is 5.52. The number of benzene rings is 2. The number of ether oxygens (including phenoxy) is 1. The van der Waals surface area contributed by atoms with Gasteiger partial charge >= 0.3 is 5.97 Å². The highest BCUT2D eigenvalue weighted by Gasteiger charge is 2.11. The molecule has 0 aliphatic rings. The van der Waals surface area contributed by atoms with E-state index in [4.69, 9.17) is 21.4 Å². The summed E-state index contributed by atoms with van der Waals surface area (Å²) in [6, 6.07) is 8.19. The van der Waals surface area contributed by atoms with Gasteiger partial charge in [0.25, 0.3) is 5.91 Å². The SMILES string of the molecule is Cc1cc(C)c(OCC(=O)Nc2ccc(C(=O)O)cc2C)c(Cl)c1. The van der Waals surface area contributed by atoms with E-state index in [0.717, 1.165) is 11.1 Å². The maximum absolute atomic E-state index is 12.1. The quantitative estimate of drug-likeness (QED) is 0.857. The molecule has 5 nitrogen and oxygen atoms in total. The molecule has 0 fully saturated rings. The molecule has 1 amide bonds. The van der Waals surface area contributed by atoms with E-state index in [-0.39, 0.29) is 18.1 Å². The lowest BCUT2D eigenvalue weighted by Gasteiger charge is -2.13. The molecule has 0 unspecified atom stereocenters. The molecule has 24 heavy (non-hydrogen) atoms. The maximum Gasteiger partial charge on any atom is 0.335 e. The first-order valence-corrected chi connectivity index (χ1v) is 7.69. The molecule has 2 rings (SSSR count). The van der Waals surface area contributed by atoms with E-state index in [1.54, 1.807) is 19.1 Å². The van der Waals surface area contributed by atoms with E-state index in [0.29, 0.717) is 22.0 Å². The number of aromatic carboxylic acids is 1. The number of nitrogens with one attached hydrogen (secondary N) is 1. The number of carboxylic acid groups (broad SMARTS) is 1. The number of anilines is 1. The van der Waals surface area contributed by atoms with Crippen molar-refractivity contribution in [3.63, 3.8) is 0 Å². The Morgan fingerprint density at radius 1 is 1.12 bits per heavy atom. The van der Waals surface area contributed by atoms with Crippen molar-refractivity contribution in [1.29, 1.82) is 0 Å². The lowest BCUT2D eigenvalue weighted by atomic mass is 10.1. The molecular weight excluding hydrogens is 330 g/mol. The molecule has 0 bridgehead atoms. The predicted octanol–water partition coefficient (Wildman–Crippen LogP) is 3.98. The number of carbonyl (C=O) groups is 2. The van der Waals surface area contributed by atoms with Gasteiger partial charge in [-0.1, -0.05) is 17.7 Å². The molecule has 0 spiro atoms. The van der Waals surface area contributed by atoms with E-state index in [1.807, 2.05) is 19.9 Å². The highest BCUT2D eigenvalue weighted by molar-refractivity contribution is 6.32. The molecule has 0 aliphatic heterocycles. The zero-order chi connectivity index (χ0) is 17.9. The lowest BCUT2D eigenvalue weighted by molar-refractivity contribution is -0.118. The Morgan fingerprint density at radius 2 is 1.83 bits per heavy atom. The first-order chi connectivity index (χ1) is 11.3. The number of amides is 1. The number of carboxylic acids is 1. The number of halogens is 1. The zero-order valence-electron chi connectivity index (χ0n) is 13.6. The van der Waals surface area contributed by atoms with Crippen LogP contribution >= 0.6 is 11.6 Å². The van der Waals surface area contributed by atoms with Gasteiger partial charge in [0, 0.05) is 5.69 Å². The van der Waals surface area contributed by atoms with E-state index < -0.39 is 5.97 Å². The van der Waals surface area contributed by atoms with Crippen molar-refractivity contribution in [2.45, 2.75) is 20.8 Å². The standard InChI is InChI=1S/C18H18ClNO4/c1-10-6-12(3)17(14(19)7-10)24-9-16(21)20-15-5-4-13(18(22)23)8-11(15)2/h4-8H,9H2,1-3H3,(H,20,21)(H,22,23). The minimum Gasteiger partial charge on any atom is -0.482 e. The Morgan fingerprint density at radius 3 is 2.42 bits per heavy atom. The highest BCUT2D eigenvalue weighted by atomic mass is 35.5. The van der Waals surface area contributed by atoms with E-state index >= 15 is 0 Å². The summed E-state index contributed by atoms with van der Waals surface area (Å²) in [4.78, 5) is 23.0. The summed E-state index contributed by atoms with van der Waals surface area (Å²) in [7, 11) is 0. The van der Waals surface area contributed by atoms with Crippen LogP contribution < -0.4 is 10.1 Å². The second-order valence-corrected chi connectivity index (χ2v) is 5.97. The van der Waals surface area contributed by atoms with Gasteiger partial charge in [-0.05, 0) is 61.7 Å². The van der Waals surface area contributed by atoms with Gasteiger partial charge < -0.3 is 15.2 Å². The molecule has 0 saturated heterocycles. The van der Waals surface area contributed by atoms with Gasteiger partial charge in [0.1, 0.15) is 5.75 Å². The van der Waals surface area contributed by atoms with Crippen LogP contribution in [0.25, 0.3) is 0 Å². The van der Waals surface area contributed by atoms with E-state index in [1.165, 1.54) is 12.1 Å². The molecule has 6 heteroatoms. The average molecular weight is 348 g/mol. The Balaban J connectivity index is 2.03. The van der Waals surface area contributed by atoms with Crippen LogP contribution in [0.3, 0.4) is 0 Å². The molecule has 0 atom stereocenters. The topological polar surface area (TPSA) is 75.6 Å². The van der Waals surface area contributed by atoms with Crippen LogP contribution in [0.2, 0.25) is 5.02 Å². The van der Waals surface area contributed by atoms with Gasteiger partial charge in [-0.25, -0.2) is 4.79 Å². The second-order valence-electron chi connectivity index (χ2n) is 5.56. The lowest BCUT2D eigenvalue weighted by Crippen LogP contribution is -2.21. The Kier molecular flexibility index (Phi) is 5.46. The molecular formula is C18H18ClNO4. The fourth-order valence-electron chi connectivity index (χ4n) is 2.35. The van der Waals surface area contributed by atoms with Crippen molar-refractivity contribution < 1.29 is 19.4 Å². The van der Waals surface area contributed by atoms with Gasteiger partial charge in [-0.2, -0.15) is 0 Å². The Labute approximate surface area is 145 Å². The molecule has 0 radical (unpaired) electrons. The third-order valence-corrected chi connectivity index (χ3v) is 3.75. The second kappa shape index (κ2) is 7.36. The normalized spacial score (nSPS) is 10.3. The number of hydrogen-bond acceptors (Lipinski definition) is 3. The van der Waals surface area contributed by atoms with Crippen molar-refractivity contribution in [2.75, 3.05) is 11.9 Å². The summed E-state index contributed by atoms with van der Waals surface area (Å²) >= 11 is 6.14. The third kappa shape index (κ3) is 4.26. The molecule has 0 heterocycles. The van der Waals surface area contributed by atoms with Crippen LogP contribution in [0.5, 0.6) is 5.75 Å². The van der Waals surface area contributed by atoms with Crippen LogP contribution in [-0.2, 0) is 4.79 Å². The van der Waals surface area contributed by atoms with Gasteiger partial charge in [-0.15, -0.1) is 0 Å². The average Bonchev–Trinajstić information content (AvgIpc) is 2.48. The molecule has 0 saturated carbocycles. The fourth-order valence-corrected chi connectivity index (χ4v) is 2.72. The smallest absolute Gasteiger partial charge is 0.335 e. The predicted molar refractivity (Wildman–Crippen MR) is 93.2 cm³/mol. The molecule has 0 aromatic heterocycles. The van der Waals surface area contributed by atoms with Crippen LogP contribution in [-0.4, -0.2) is 23.6 Å². The van der Waals surface area contributed by atoms with Crippen molar-refractivity contribution in [3.05, 3.63) is 57.6 Å². The van der Waals surface area contributed by atoms with Crippen LogP contribution in [0.15, 0.2) is 30.3 Å². The number of rotatable bonds is 5. The molecule has 2 N–H and O–H groups in total. The molecule has 2 aromatic rings. The van der Waals surface area contributed by atoms with Crippen LogP contribution in [0, 0.1) is 20.8 Å². The largest absolute Gasteiger partial charge is 0.482 e. The number of hydrogen-bond donors (Lipinski definition) is 2. The minimum atomic E-state index is -1.01. The van der Waals surface area contributed by atoms with E-state index in [2.05, 4.69) is 5.32 Å². The van der Waals surface area contributed by atoms with Gasteiger partial charge in [-0.3, -0.25) is 4.79 Å². The van der Waals surface area contributed by atoms with Gasteiger partial charge in [0.15, 0.2) is 6.61 Å². The number of aryl methyl sites for hydroxylation is 3. The van der Waals surface area contributed by atoms with Crippen molar-refractivity contribution in [3.8, 4) is 5.75 Å². The Hall–Kier alpha value is -2.53. The van der Waals surface area contributed by atoms with Crippen molar-refractivity contribution >= 4 is 29.2 Å². The first kappa shape index (κ1) is 17.8. The summed E-state index contributed by atoms with van der Waals surface area (Å²) in [5, 5.41) is 12.1. The first-order valence-electron chi connectivity index (χ1n) is 7.31. The highest BCUT2D eigenvalue weighted by Crippen LogP contribution is 2.29. The fraction of sp³-hybridized carbons (Fsp3) is 0.222. The third-order valence-electron chi connectivity index (χ3n) is 3.47. The van der Waals surface area contributed by atoms with Gasteiger partial charge in [0.05, 0.1) is 10.6 Å². The minimum absolute atomic E-state index is 0.170. The molecule has 2 aromatic carbocycles. The van der Waals surface area contributed by atoms with Crippen LogP contribution in [0.1, 0.15) is 27.0 Å². The monoisotopic (exact) mass is 347 g/mol. The number of carbonyl (C=O) groups excluding carboxylic acids is 1. The summed E-state index contributed by atoms with van der Waals surface area (Å²) in [6.45, 7) is 5.33. The van der Waals surface area contributed by atoms with E-state index in [9.17, 15) is 9.59 Å². The Bertz CT molecular complexity index is 779. The van der Waals surface area contributed by atoms with Gasteiger partial charge in [0.2, 0.25) is 0 Å². The van der Waals surface area contributed by atoms with Crippen molar-refractivity contribution in [2.24, 2.45) is 0 Å². The molecule has 126 valence electrons. The summed E-state index contributed by atoms with van der Waals surface area (Å²) in [5.74, 6) is -0.878. The zero-order valence-corrected chi connectivity index (χ0v) is 14.4. The van der Waals surface area contributed by atoms with Crippen molar-refractivity contribution in [1.82, 2.24) is 0 Å².